The number of ether oxygens (including phenoxy) is 1. The molecule has 1 atom stereocenters. The van der Waals surface area contributed by atoms with Crippen LogP contribution in [0, 0.1) is 0 Å². The van der Waals surface area contributed by atoms with Crippen LogP contribution in [-0.2, 0) is 5.54 Å². The molecule has 2 N–H and O–H groups in total. The lowest BCUT2D eigenvalue weighted by atomic mass is 9.80. The number of hydrogen-bond donors (Lipinski definition) is 1. The number of hydrogen-bond acceptors (Lipinski definition) is 2. The fraction of sp³-hybridized carbons (Fsp3) is 0.368. The van der Waals surface area contributed by atoms with Crippen LogP contribution in [0.5, 0.6) is 5.75 Å². The lowest BCUT2D eigenvalue weighted by Crippen LogP contribution is -2.38. The van der Waals surface area contributed by atoms with E-state index in [9.17, 15) is 0 Å². The molecule has 2 heteroatoms. The van der Waals surface area contributed by atoms with Gasteiger partial charge in [0.2, 0.25) is 0 Å². The van der Waals surface area contributed by atoms with E-state index in [1.807, 2.05) is 36.4 Å². The van der Waals surface area contributed by atoms with Crippen LogP contribution in [0.25, 0.3) is 0 Å². The van der Waals surface area contributed by atoms with E-state index in [0.717, 1.165) is 36.1 Å². The molecule has 2 aromatic carbocycles. The van der Waals surface area contributed by atoms with Crippen molar-refractivity contribution in [1.82, 2.24) is 0 Å². The normalized spacial score (nSPS) is 13.7. The number of nitrogens with two attached hydrogens (primary N) is 1. The molecule has 0 fully saturated rings. The first-order valence-corrected chi connectivity index (χ1v) is 7.79. The van der Waals surface area contributed by atoms with Crippen LogP contribution in [0.1, 0.15) is 44.2 Å². The van der Waals surface area contributed by atoms with Gasteiger partial charge in [0.05, 0.1) is 12.1 Å². The third-order valence-electron chi connectivity index (χ3n) is 3.76. The zero-order valence-electron chi connectivity index (χ0n) is 13.0. The summed E-state index contributed by atoms with van der Waals surface area (Å²) in [5, 5.41) is 0. The Morgan fingerprint density at radius 3 is 2.24 bits per heavy atom. The van der Waals surface area contributed by atoms with Gasteiger partial charge in [0.1, 0.15) is 5.75 Å². The standard InChI is InChI=1S/C19H25NO/c1-3-14-19(20,16-10-6-5-7-11-16)17-12-8-9-13-18(17)21-15-4-2/h5-13H,3-4,14-15,20H2,1-2H3. The van der Waals surface area contributed by atoms with Gasteiger partial charge in [-0.3, -0.25) is 0 Å². The van der Waals surface area contributed by atoms with Gasteiger partial charge in [-0.25, -0.2) is 0 Å². The van der Waals surface area contributed by atoms with Gasteiger partial charge in [0.25, 0.3) is 0 Å². The van der Waals surface area contributed by atoms with Crippen molar-refractivity contribution in [1.29, 1.82) is 0 Å². The summed E-state index contributed by atoms with van der Waals surface area (Å²) in [6.45, 7) is 5.00. The van der Waals surface area contributed by atoms with Gasteiger partial charge < -0.3 is 10.5 Å². The van der Waals surface area contributed by atoms with Crippen molar-refractivity contribution in [2.24, 2.45) is 5.73 Å². The Labute approximate surface area is 127 Å². The first-order chi connectivity index (χ1) is 10.2. The highest BCUT2D eigenvalue weighted by molar-refractivity contribution is 5.46. The lowest BCUT2D eigenvalue weighted by molar-refractivity contribution is 0.306. The highest BCUT2D eigenvalue weighted by Gasteiger charge is 2.31. The van der Waals surface area contributed by atoms with E-state index in [4.69, 9.17) is 10.5 Å². The number of rotatable bonds is 7. The van der Waals surface area contributed by atoms with Crippen LogP contribution >= 0.6 is 0 Å². The zero-order valence-corrected chi connectivity index (χ0v) is 13.0. The largest absolute Gasteiger partial charge is 0.493 e. The molecular formula is C19H25NO. The highest BCUT2D eigenvalue weighted by Crippen LogP contribution is 2.37. The summed E-state index contributed by atoms with van der Waals surface area (Å²) in [5.41, 5.74) is 8.56. The van der Waals surface area contributed by atoms with E-state index in [0.29, 0.717) is 6.61 Å². The summed E-state index contributed by atoms with van der Waals surface area (Å²) in [7, 11) is 0. The predicted octanol–water partition coefficient (Wildman–Crippen LogP) is 4.48. The molecule has 0 heterocycles. The Balaban J connectivity index is 2.48. The summed E-state index contributed by atoms with van der Waals surface area (Å²) in [6.07, 6.45) is 2.90. The maximum atomic E-state index is 6.84. The second-order valence-corrected chi connectivity index (χ2v) is 5.43. The van der Waals surface area contributed by atoms with Crippen molar-refractivity contribution in [3.63, 3.8) is 0 Å². The molecule has 0 aliphatic heterocycles. The van der Waals surface area contributed by atoms with E-state index < -0.39 is 5.54 Å². The molecule has 0 amide bonds. The Morgan fingerprint density at radius 1 is 0.905 bits per heavy atom. The van der Waals surface area contributed by atoms with Crippen molar-refractivity contribution < 1.29 is 4.74 Å². The van der Waals surface area contributed by atoms with Crippen LogP contribution in [0.15, 0.2) is 54.6 Å². The first-order valence-electron chi connectivity index (χ1n) is 7.79. The molecule has 2 rings (SSSR count). The smallest absolute Gasteiger partial charge is 0.124 e. The molecule has 0 aliphatic rings. The van der Waals surface area contributed by atoms with E-state index in [1.54, 1.807) is 0 Å². The zero-order chi connectivity index (χ0) is 15.1. The van der Waals surface area contributed by atoms with Gasteiger partial charge in [-0.05, 0) is 24.5 Å². The summed E-state index contributed by atoms with van der Waals surface area (Å²) in [4.78, 5) is 0. The van der Waals surface area contributed by atoms with Gasteiger partial charge >= 0.3 is 0 Å². The highest BCUT2D eigenvalue weighted by atomic mass is 16.5. The van der Waals surface area contributed by atoms with E-state index >= 15 is 0 Å². The van der Waals surface area contributed by atoms with Crippen molar-refractivity contribution in [3.05, 3.63) is 65.7 Å². The molecule has 0 aliphatic carbocycles. The van der Waals surface area contributed by atoms with Crippen LogP contribution < -0.4 is 10.5 Å². The van der Waals surface area contributed by atoms with Crippen molar-refractivity contribution in [2.75, 3.05) is 6.61 Å². The summed E-state index contributed by atoms with van der Waals surface area (Å²) >= 11 is 0. The molecule has 2 aromatic rings. The van der Waals surface area contributed by atoms with Crippen LogP contribution in [0.4, 0.5) is 0 Å². The van der Waals surface area contributed by atoms with Crippen LogP contribution in [-0.4, -0.2) is 6.61 Å². The molecule has 0 aromatic heterocycles. The Kier molecular flexibility index (Phi) is 5.40. The first kappa shape index (κ1) is 15.6. The molecule has 112 valence electrons. The average molecular weight is 283 g/mol. The molecule has 0 spiro atoms. The third kappa shape index (κ3) is 3.45. The third-order valence-corrected chi connectivity index (χ3v) is 3.76. The average Bonchev–Trinajstić information content (AvgIpc) is 2.54. The Morgan fingerprint density at radius 2 is 1.57 bits per heavy atom. The molecule has 0 saturated carbocycles. The maximum Gasteiger partial charge on any atom is 0.124 e. The van der Waals surface area contributed by atoms with E-state index in [2.05, 4.69) is 32.0 Å². The molecule has 0 saturated heterocycles. The fourth-order valence-corrected chi connectivity index (χ4v) is 2.74. The second kappa shape index (κ2) is 7.28. The minimum Gasteiger partial charge on any atom is -0.493 e. The summed E-state index contributed by atoms with van der Waals surface area (Å²) in [5.74, 6) is 0.902. The molecule has 1 unspecified atom stereocenters. The Hall–Kier alpha value is -1.80. The van der Waals surface area contributed by atoms with Crippen molar-refractivity contribution in [2.45, 2.75) is 38.6 Å². The SMILES string of the molecule is CCCOc1ccccc1C(N)(CCC)c1ccccc1. The fourth-order valence-electron chi connectivity index (χ4n) is 2.74. The molecule has 0 bridgehead atoms. The van der Waals surface area contributed by atoms with E-state index in [1.165, 1.54) is 0 Å². The van der Waals surface area contributed by atoms with Crippen molar-refractivity contribution in [3.8, 4) is 5.75 Å². The van der Waals surface area contributed by atoms with Gasteiger partial charge in [-0.2, -0.15) is 0 Å². The lowest BCUT2D eigenvalue weighted by Gasteiger charge is -2.32. The predicted molar refractivity (Wildman–Crippen MR) is 88.5 cm³/mol. The maximum absolute atomic E-state index is 6.84. The monoisotopic (exact) mass is 283 g/mol. The minimum atomic E-state index is -0.500. The Bertz CT molecular complexity index is 553. The molecule has 2 nitrogen and oxygen atoms in total. The van der Waals surface area contributed by atoms with E-state index in [-0.39, 0.29) is 0 Å². The van der Waals surface area contributed by atoms with Crippen LogP contribution in [0.2, 0.25) is 0 Å². The number of benzene rings is 2. The topological polar surface area (TPSA) is 35.2 Å². The number of para-hydroxylation sites is 1. The van der Waals surface area contributed by atoms with Gasteiger partial charge in [0.15, 0.2) is 0 Å². The van der Waals surface area contributed by atoms with Gasteiger partial charge in [0, 0.05) is 5.56 Å². The summed E-state index contributed by atoms with van der Waals surface area (Å²) in [6, 6.07) is 18.5. The summed E-state index contributed by atoms with van der Waals surface area (Å²) < 4.78 is 5.92. The second-order valence-electron chi connectivity index (χ2n) is 5.43. The van der Waals surface area contributed by atoms with Crippen molar-refractivity contribution >= 4 is 0 Å². The quantitative estimate of drug-likeness (QED) is 0.813. The molecule has 21 heavy (non-hydrogen) atoms. The van der Waals surface area contributed by atoms with Gasteiger partial charge in [-0.15, -0.1) is 0 Å². The van der Waals surface area contributed by atoms with Crippen LogP contribution in [0.3, 0.4) is 0 Å². The molecule has 0 radical (unpaired) electrons. The minimum absolute atomic E-state index is 0.500. The molecular weight excluding hydrogens is 258 g/mol. The van der Waals surface area contributed by atoms with Gasteiger partial charge in [-0.1, -0.05) is 68.8 Å².